The van der Waals surface area contributed by atoms with Crippen LogP contribution in [0.3, 0.4) is 0 Å². The highest BCUT2D eigenvalue weighted by Crippen LogP contribution is 2.21. The van der Waals surface area contributed by atoms with E-state index in [0.29, 0.717) is 17.8 Å². The Balaban J connectivity index is 2.12. The zero-order valence-corrected chi connectivity index (χ0v) is 11.7. The molecular formula is C13H16N4OS. The van der Waals surface area contributed by atoms with Gasteiger partial charge >= 0.3 is 0 Å². The number of rotatable bonds is 4. The first kappa shape index (κ1) is 13.4. The van der Waals surface area contributed by atoms with Gasteiger partial charge in [0.15, 0.2) is 0 Å². The van der Waals surface area contributed by atoms with Gasteiger partial charge in [0.1, 0.15) is 5.01 Å². The number of benzene rings is 1. The molecular weight excluding hydrogens is 260 g/mol. The number of carbonyl (C=O) groups excluding carboxylic acids is 1. The summed E-state index contributed by atoms with van der Waals surface area (Å²) in [5.41, 5.74) is 8.83. The molecule has 100 valence electrons. The van der Waals surface area contributed by atoms with Crippen LogP contribution in [0.2, 0.25) is 0 Å². The van der Waals surface area contributed by atoms with Crippen LogP contribution in [0.25, 0.3) is 0 Å². The Bertz CT molecular complexity index is 594. The fourth-order valence-corrected chi connectivity index (χ4v) is 2.36. The third-order valence-corrected chi connectivity index (χ3v) is 3.61. The third kappa shape index (κ3) is 3.23. The summed E-state index contributed by atoms with van der Waals surface area (Å²) in [6.07, 6.45) is 0. The van der Waals surface area contributed by atoms with E-state index in [9.17, 15) is 4.79 Å². The smallest absolute Gasteiger partial charge is 0.251 e. The van der Waals surface area contributed by atoms with Crippen LogP contribution < -0.4 is 16.4 Å². The van der Waals surface area contributed by atoms with Crippen LogP contribution in [-0.4, -0.2) is 17.9 Å². The minimum atomic E-state index is -0.131. The molecule has 0 aliphatic rings. The highest BCUT2D eigenvalue weighted by atomic mass is 32.1. The molecule has 1 amide bonds. The van der Waals surface area contributed by atoms with Crippen LogP contribution >= 0.6 is 11.3 Å². The molecule has 0 unspecified atom stereocenters. The van der Waals surface area contributed by atoms with Gasteiger partial charge in [0.2, 0.25) is 0 Å². The predicted octanol–water partition coefficient (Wildman–Crippen LogP) is 2.01. The fraction of sp³-hybridized carbons (Fsp3) is 0.231. The molecule has 1 heterocycles. The normalized spacial score (nSPS) is 10.2. The van der Waals surface area contributed by atoms with Crippen molar-refractivity contribution in [3.63, 3.8) is 0 Å². The van der Waals surface area contributed by atoms with Gasteiger partial charge in [-0.1, -0.05) is 0 Å². The number of amides is 1. The lowest BCUT2D eigenvalue weighted by Crippen LogP contribution is -2.18. The minimum Gasteiger partial charge on any atom is -0.397 e. The molecule has 4 N–H and O–H groups in total. The Morgan fingerprint density at radius 1 is 1.47 bits per heavy atom. The van der Waals surface area contributed by atoms with Gasteiger partial charge in [0.05, 0.1) is 17.9 Å². The summed E-state index contributed by atoms with van der Waals surface area (Å²) in [7, 11) is 1.60. The highest BCUT2D eigenvalue weighted by molar-refractivity contribution is 7.09. The number of nitrogens with zero attached hydrogens (tertiary/aromatic N) is 1. The van der Waals surface area contributed by atoms with Gasteiger partial charge in [-0.15, -0.1) is 11.3 Å². The average molecular weight is 276 g/mol. The van der Waals surface area contributed by atoms with E-state index in [1.165, 1.54) is 0 Å². The zero-order valence-electron chi connectivity index (χ0n) is 10.9. The van der Waals surface area contributed by atoms with Crippen LogP contribution in [0.4, 0.5) is 11.4 Å². The van der Waals surface area contributed by atoms with Gasteiger partial charge in [-0.3, -0.25) is 4.79 Å². The van der Waals surface area contributed by atoms with E-state index in [4.69, 9.17) is 5.73 Å². The van der Waals surface area contributed by atoms with E-state index >= 15 is 0 Å². The molecule has 0 atom stereocenters. The summed E-state index contributed by atoms with van der Waals surface area (Å²) >= 11 is 1.60. The Hall–Kier alpha value is -2.08. The average Bonchev–Trinajstić information content (AvgIpc) is 2.82. The lowest BCUT2D eigenvalue weighted by molar-refractivity contribution is 0.0963. The first-order valence-corrected chi connectivity index (χ1v) is 6.74. The monoisotopic (exact) mass is 276 g/mol. The van der Waals surface area contributed by atoms with Crippen LogP contribution in [0, 0.1) is 6.92 Å². The summed E-state index contributed by atoms with van der Waals surface area (Å²) < 4.78 is 0. The molecule has 0 bridgehead atoms. The van der Waals surface area contributed by atoms with Gasteiger partial charge in [-0.2, -0.15) is 0 Å². The summed E-state index contributed by atoms with van der Waals surface area (Å²) in [6, 6.07) is 5.17. The number of nitrogen functional groups attached to an aromatic ring is 1. The van der Waals surface area contributed by atoms with Crippen molar-refractivity contribution in [3.05, 3.63) is 39.8 Å². The Kier molecular flexibility index (Phi) is 4.01. The van der Waals surface area contributed by atoms with Crippen molar-refractivity contribution in [2.75, 3.05) is 18.1 Å². The van der Waals surface area contributed by atoms with Crippen molar-refractivity contribution in [2.24, 2.45) is 0 Å². The molecule has 0 aliphatic heterocycles. The number of nitrogens with one attached hydrogen (secondary N) is 2. The number of hydrogen-bond donors (Lipinski definition) is 3. The Morgan fingerprint density at radius 2 is 2.26 bits per heavy atom. The van der Waals surface area contributed by atoms with Crippen molar-refractivity contribution >= 4 is 28.6 Å². The van der Waals surface area contributed by atoms with E-state index < -0.39 is 0 Å². The Morgan fingerprint density at radius 3 is 2.89 bits per heavy atom. The van der Waals surface area contributed by atoms with Crippen LogP contribution in [-0.2, 0) is 6.54 Å². The van der Waals surface area contributed by atoms with Crippen LogP contribution in [0.1, 0.15) is 21.1 Å². The maximum Gasteiger partial charge on any atom is 0.251 e. The highest BCUT2D eigenvalue weighted by Gasteiger charge is 2.07. The summed E-state index contributed by atoms with van der Waals surface area (Å²) in [5.74, 6) is -0.131. The second kappa shape index (κ2) is 5.71. The largest absolute Gasteiger partial charge is 0.397 e. The molecule has 19 heavy (non-hydrogen) atoms. The zero-order chi connectivity index (χ0) is 13.8. The first-order chi connectivity index (χ1) is 9.10. The van der Waals surface area contributed by atoms with Gasteiger partial charge in [-0.25, -0.2) is 4.98 Å². The van der Waals surface area contributed by atoms with Gasteiger partial charge in [-0.05, 0) is 25.1 Å². The summed E-state index contributed by atoms with van der Waals surface area (Å²) in [5, 5.41) is 8.78. The van der Waals surface area contributed by atoms with Crippen molar-refractivity contribution in [1.29, 1.82) is 0 Å². The lowest BCUT2D eigenvalue weighted by atomic mass is 10.1. The number of anilines is 2. The van der Waals surface area contributed by atoms with Gasteiger partial charge in [0.25, 0.3) is 5.91 Å². The minimum absolute atomic E-state index is 0.131. The fourth-order valence-electron chi connectivity index (χ4n) is 1.65. The molecule has 2 rings (SSSR count). The molecule has 0 fully saturated rings. The molecule has 0 saturated heterocycles. The summed E-state index contributed by atoms with van der Waals surface area (Å²) in [6.45, 7) is 2.56. The number of aromatic nitrogens is 1. The lowest BCUT2D eigenvalue weighted by Gasteiger charge is -2.09. The first-order valence-electron chi connectivity index (χ1n) is 5.86. The molecule has 0 saturated carbocycles. The van der Waals surface area contributed by atoms with Gasteiger partial charge < -0.3 is 16.4 Å². The molecule has 0 radical (unpaired) electrons. The maximum absolute atomic E-state index is 11.6. The van der Waals surface area contributed by atoms with E-state index in [1.54, 1.807) is 36.6 Å². The third-order valence-electron chi connectivity index (χ3n) is 2.64. The van der Waals surface area contributed by atoms with Crippen LogP contribution in [0.15, 0.2) is 23.6 Å². The van der Waals surface area contributed by atoms with Crippen molar-refractivity contribution in [1.82, 2.24) is 10.3 Å². The number of aryl methyl sites for hydroxylation is 1. The SMILES string of the molecule is CNC(=O)c1ccc(N)c(NCc2nc(C)cs2)c1. The second-order valence-corrected chi connectivity index (χ2v) is 5.06. The van der Waals surface area contributed by atoms with E-state index in [1.807, 2.05) is 12.3 Å². The van der Waals surface area contributed by atoms with Crippen molar-refractivity contribution in [2.45, 2.75) is 13.5 Å². The predicted molar refractivity (Wildman–Crippen MR) is 78.4 cm³/mol. The summed E-state index contributed by atoms with van der Waals surface area (Å²) in [4.78, 5) is 15.9. The van der Waals surface area contributed by atoms with Crippen molar-refractivity contribution in [3.8, 4) is 0 Å². The number of carbonyl (C=O) groups is 1. The van der Waals surface area contributed by atoms with Gasteiger partial charge in [0, 0.05) is 23.7 Å². The Labute approximate surface area is 115 Å². The molecule has 5 nitrogen and oxygen atoms in total. The van der Waals surface area contributed by atoms with E-state index in [-0.39, 0.29) is 5.91 Å². The number of thiazole rings is 1. The quantitative estimate of drug-likeness (QED) is 0.746. The molecule has 0 spiro atoms. The molecule has 1 aromatic carbocycles. The molecule has 6 heteroatoms. The van der Waals surface area contributed by atoms with Crippen molar-refractivity contribution < 1.29 is 4.79 Å². The second-order valence-electron chi connectivity index (χ2n) is 4.12. The van der Waals surface area contributed by atoms with E-state index in [0.717, 1.165) is 16.4 Å². The molecule has 1 aromatic heterocycles. The van der Waals surface area contributed by atoms with E-state index in [2.05, 4.69) is 15.6 Å². The molecule has 0 aliphatic carbocycles. The maximum atomic E-state index is 11.6. The molecule has 2 aromatic rings. The topological polar surface area (TPSA) is 80.0 Å². The number of nitrogens with two attached hydrogens (primary N) is 1. The standard InChI is InChI=1S/C13H16N4OS/c1-8-7-19-12(17-8)6-16-11-5-9(13(18)15-2)3-4-10(11)14/h3-5,7,16H,6,14H2,1-2H3,(H,15,18). The number of hydrogen-bond acceptors (Lipinski definition) is 5. The van der Waals surface area contributed by atoms with Crippen LogP contribution in [0.5, 0.6) is 0 Å².